The first-order valence-electron chi connectivity index (χ1n) is 10.5. The van der Waals surface area contributed by atoms with Crippen LogP contribution in [0.1, 0.15) is 43.2 Å². The van der Waals surface area contributed by atoms with Crippen molar-refractivity contribution >= 4 is 17.4 Å². The molecule has 0 radical (unpaired) electrons. The summed E-state index contributed by atoms with van der Waals surface area (Å²) in [6.07, 6.45) is 5.83. The van der Waals surface area contributed by atoms with E-state index >= 15 is 0 Å². The molecule has 0 amide bonds. The van der Waals surface area contributed by atoms with E-state index in [4.69, 9.17) is 4.74 Å². The number of nitrogens with zero attached hydrogens (tertiary/aromatic N) is 2. The summed E-state index contributed by atoms with van der Waals surface area (Å²) in [7, 11) is 0. The van der Waals surface area contributed by atoms with Crippen molar-refractivity contribution in [3.05, 3.63) is 92.6 Å². The highest BCUT2D eigenvalue weighted by atomic mass is 16.6. The molecule has 1 aliphatic heterocycles. The number of aryl methyl sites for hydroxylation is 1. The third-order valence-corrected chi connectivity index (χ3v) is 5.77. The number of dihydropyridines is 1. The Morgan fingerprint density at radius 3 is 2.72 bits per heavy atom. The number of ether oxygens (including phenoxy) is 1. The van der Waals surface area contributed by atoms with Crippen LogP contribution < -0.4 is 5.32 Å². The van der Waals surface area contributed by atoms with Crippen LogP contribution in [0.5, 0.6) is 0 Å². The number of aromatic nitrogens is 1. The maximum Gasteiger partial charge on any atom is 0.336 e. The zero-order valence-corrected chi connectivity index (χ0v) is 17.7. The predicted molar refractivity (Wildman–Crippen MR) is 116 cm³/mol. The highest BCUT2D eigenvalue weighted by Crippen LogP contribution is 2.43. The number of pyridine rings is 1. The number of allylic oxidation sites excluding steroid dienone is 3. The van der Waals surface area contributed by atoms with Gasteiger partial charge in [0, 0.05) is 53.8 Å². The largest absolute Gasteiger partial charge is 0.462 e. The third-order valence-electron chi connectivity index (χ3n) is 5.77. The summed E-state index contributed by atoms with van der Waals surface area (Å²) in [6, 6.07) is 9.83. The van der Waals surface area contributed by atoms with Crippen LogP contribution in [-0.2, 0) is 20.7 Å². The van der Waals surface area contributed by atoms with Gasteiger partial charge in [-0.05, 0) is 43.4 Å². The number of nitrogens with one attached hydrogen (secondary N) is 1. The number of benzene rings is 1. The van der Waals surface area contributed by atoms with Gasteiger partial charge in [0.1, 0.15) is 0 Å². The van der Waals surface area contributed by atoms with Gasteiger partial charge in [0.2, 0.25) is 0 Å². The Balaban J connectivity index is 1.55. The zero-order valence-electron chi connectivity index (χ0n) is 17.7. The molecule has 4 rings (SSSR count). The fraction of sp³-hybridized carbons (Fsp3) is 0.292. The Morgan fingerprint density at radius 2 is 2.03 bits per heavy atom. The number of carbonyl (C=O) groups is 2. The molecule has 0 saturated heterocycles. The van der Waals surface area contributed by atoms with E-state index in [0.717, 1.165) is 17.7 Å². The maximum absolute atomic E-state index is 13.1. The van der Waals surface area contributed by atoms with Gasteiger partial charge in [-0.1, -0.05) is 18.2 Å². The highest BCUT2D eigenvalue weighted by Gasteiger charge is 2.40. The topological polar surface area (TPSA) is 111 Å². The second-order valence-electron chi connectivity index (χ2n) is 7.86. The molecule has 1 atom stereocenters. The molecule has 1 aliphatic carbocycles. The molecule has 1 aromatic heterocycles. The molecule has 32 heavy (non-hydrogen) atoms. The molecule has 8 heteroatoms. The van der Waals surface area contributed by atoms with Crippen molar-refractivity contribution in [2.75, 3.05) is 6.61 Å². The van der Waals surface area contributed by atoms with Crippen LogP contribution >= 0.6 is 0 Å². The molecule has 1 N–H and O–H groups in total. The zero-order chi connectivity index (χ0) is 22.7. The molecule has 8 nitrogen and oxygen atoms in total. The Kier molecular flexibility index (Phi) is 6.11. The Labute approximate surface area is 185 Å². The van der Waals surface area contributed by atoms with E-state index in [1.54, 1.807) is 31.5 Å². The lowest BCUT2D eigenvalue weighted by molar-refractivity contribution is -0.384. The normalized spacial score (nSPS) is 17.8. The van der Waals surface area contributed by atoms with Crippen molar-refractivity contribution in [3.8, 4) is 0 Å². The minimum atomic E-state index is -0.604. The standard InChI is InChI=1S/C24H23N3O5/c1-15-21(24(29)32-13-3-5-16-4-2-12-25-14-16)22(23-19(26-15)10-11-20(23)28)17-6-8-18(9-7-17)27(30)31/h2,4,6-9,12,14,22,26H,3,5,10-11,13H2,1H3. The van der Waals surface area contributed by atoms with Crippen LogP contribution in [0.3, 0.4) is 0 Å². The van der Waals surface area contributed by atoms with Gasteiger partial charge >= 0.3 is 5.97 Å². The van der Waals surface area contributed by atoms with Crippen LogP contribution in [0.15, 0.2) is 71.3 Å². The number of ketones is 1. The van der Waals surface area contributed by atoms with E-state index in [0.29, 0.717) is 41.7 Å². The Hall–Kier alpha value is -3.81. The van der Waals surface area contributed by atoms with Crippen molar-refractivity contribution < 1.29 is 19.2 Å². The summed E-state index contributed by atoms with van der Waals surface area (Å²) in [5.74, 6) is -1.12. The van der Waals surface area contributed by atoms with E-state index in [2.05, 4.69) is 10.3 Å². The number of rotatable bonds is 7. The first kappa shape index (κ1) is 21.4. The van der Waals surface area contributed by atoms with Crippen molar-refractivity contribution in [3.63, 3.8) is 0 Å². The number of Topliss-reactive ketones (excluding diaryl/α,β-unsaturated/α-hetero) is 1. The molecule has 1 aromatic carbocycles. The second kappa shape index (κ2) is 9.13. The first-order valence-corrected chi connectivity index (χ1v) is 10.5. The predicted octanol–water partition coefficient (Wildman–Crippen LogP) is 3.74. The maximum atomic E-state index is 13.1. The molecule has 2 aliphatic rings. The van der Waals surface area contributed by atoms with Gasteiger partial charge in [0.25, 0.3) is 5.69 Å². The average Bonchev–Trinajstić information content (AvgIpc) is 3.16. The van der Waals surface area contributed by atoms with E-state index in [-0.39, 0.29) is 18.1 Å². The summed E-state index contributed by atoms with van der Waals surface area (Å²) < 4.78 is 5.57. The SMILES string of the molecule is CC1=C(C(=O)OCCCc2cccnc2)C(c2ccc([N+](=O)[O-])cc2)C2=C(CCC2=O)N1. The van der Waals surface area contributed by atoms with Crippen LogP contribution in [0.4, 0.5) is 5.69 Å². The monoisotopic (exact) mass is 433 g/mol. The molecular formula is C24H23N3O5. The van der Waals surface area contributed by atoms with Crippen LogP contribution in [0.2, 0.25) is 0 Å². The minimum absolute atomic E-state index is 0.0229. The second-order valence-corrected chi connectivity index (χ2v) is 7.86. The summed E-state index contributed by atoms with van der Waals surface area (Å²) in [4.78, 5) is 40.4. The van der Waals surface area contributed by atoms with Gasteiger partial charge in [0.15, 0.2) is 5.78 Å². The molecule has 1 unspecified atom stereocenters. The number of nitro groups is 1. The smallest absolute Gasteiger partial charge is 0.336 e. The molecule has 0 fully saturated rings. The molecular weight excluding hydrogens is 410 g/mol. The molecule has 164 valence electrons. The van der Waals surface area contributed by atoms with Gasteiger partial charge in [0.05, 0.1) is 17.1 Å². The lowest BCUT2D eigenvalue weighted by Gasteiger charge is -2.29. The van der Waals surface area contributed by atoms with E-state index in [9.17, 15) is 19.7 Å². The average molecular weight is 433 g/mol. The van der Waals surface area contributed by atoms with Gasteiger partial charge in [-0.3, -0.25) is 19.9 Å². The van der Waals surface area contributed by atoms with Gasteiger partial charge in [-0.2, -0.15) is 0 Å². The molecule has 2 heterocycles. The summed E-state index contributed by atoms with van der Waals surface area (Å²) >= 11 is 0. The fourth-order valence-electron chi connectivity index (χ4n) is 4.25. The molecule has 2 aromatic rings. The van der Waals surface area contributed by atoms with Crippen molar-refractivity contribution in [2.24, 2.45) is 0 Å². The van der Waals surface area contributed by atoms with Crippen molar-refractivity contribution in [1.29, 1.82) is 0 Å². The summed E-state index contributed by atoms with van der Waals surface area (Å²) in [5, 5.41) is 14.2. The number of non-ortho nitro benzene ring substituents is 1. The van der Waals surface area contributed by atoms with E-state index in [1.807, 2.05) is 12.1 Å². The number of hydrogen-bond acceptors (Lipinski definition) is 7. The van der Waals surface area contributed by atoms with Crippen molar-refractivity contribution in [1.82, 2.24) is 10.3 Å². The Bertz CT molecular complexity index is 1120. The number of esters is 1. The molecule has 0 spiro atoms. The van der Waals surface area contributed by atoms with E-state index in [1.165, 1.54) is 12.1 Å². The van der Waals surface area contributed by atoms with Gasteiger partial charge < -0.3 is 10.1 Å². The van der Waals surface area contributed by atoms with Crippen molar-refractivity contribution in [2.45, 2.75) is 38.5 Å². The lowest BCUT2D eigenvalue weighted by Crippen LogP contribution is -2.30. The minimum Gasteiger partial charge on any atom is -0.462 e. The lowest BCUT2D eigenvalue weighted by atomic mass is 9.80. The number of carbonyl (C=O) groups excluding carboxylic acids is 2. The summed E-state index contributed by atoms with van der Waals surface area (Å²) in [6.45, 7) is 2.02. The summed E-state index contributed by atoms with van der Waals surface area (Å²) in [5.41, 5.74) is 4.04. The van der Waals surface area contributed by atoms with Crippen LogP contribution in [0.25, 0.3) is 0 Å². The fourth-order valence-corrected chi connectivity index (χ4v) is 4.25. The van der Waals surface area contributed by atoms with Gasteiger partial charge in [-0.25, -0.2) is 4.79 Å². The number of hydrogen-bond donors (Lipinski definition) is 1. The van der Waals surface area contributed by atoms with Gasteiger partial charge in [-0.15, -0.1) is 0 Å². The highest BCUT2D eigenvalue weighted by molar-refractivity contribution is 6.05. The molecule has 0 saturated carbocycles. The first-order chi connectivity index (χ1) is 15.5. The van der Waals surface area contributed by atoms with Crippen LogP contribution in [-0.4, -0.2) is 28.3 Å². The number of nitro benzene ring substituents is 1. The quantitative estimate of drug-likeness (QED) is 0.306. The van der Waals surface area contributed by atoms with E-state index < -0.39 is 16.8 Å². The Morgan fingerprint density at radius 1 is 1.25 bits per heavy atom. The van der Waals surface area contributed by atoms with Crippen LogP contribution in [0, 0.1) is 10.1 Å². The molecule has 0 bridgehead atoms. The third kappa shape index (κ3) is 4.30.